The Morgan fingerprint density at radius 2 is 1.67 bits per heavy atom. The molecule has 6 nitrogen and oxygen atoms in total. The van der Waals surface area contributed by atoms with Gasteiger partial charge in [-0.3, -0.25) is 4.79 Å². The molecule has 0 saturated heterocycles. The number of hydrogen-bond acceptors (Lipinski definition) is 5. The number of carbonyl (C=O) groups is 1. The molecule has 0 saturated carbocycles. The molecule has 0 unspecified atom stereocenters. The first-order valence-electron chi connectivity index (χ1n) is 9.66. The Labute approximate surface area is 164 Å². The predicted molar refractivity (Wildman–Crippen MR) is 111 cm³/mol. The van der Waals surface area contributed by atoms with Crippen molar-refractivity contribution in [2.45, 2.75) is 61.1 Å². The molecule has 27 heavy (non-hydrogen) atoms. The summed E-state index contributed by atoms with van der Waals surface area (Å²) in [5.41, 5.74) is 1.59. The summed E-state index contributed by atoms with van der Waals surface area (Å²) in [6.45, 7) is 15.2. The molecule has 0 aliphatic carbocycles. The van der Waals surface area contributed by atoms with Gasteiger partial charge in [-0.15, -0.1) is 0 Å². The molecule has 0 aliphatic heterocycles. The van der Waals surface area contributed by atoms with Gasteiger partial charge in [-0.05, 0) is 40.7 Å². The van der Waals surface area contributed by atoms with Gasteiger partial charge in [0.1, 0.15) is 5.75 Å². The van der Waals surface area contributed by atoms with E-state index < -0.39 is 10.1 Å². The molecule has 0 radical (unpaired) electrons. The maximum absolute atomic E-state index is 12.6. The first kappa shape index (κ1) is 23.3. The van der Waals surface area contributed by atoms with Crippen LogP contribution in [0.3, 0.4) is 0 Å². The van der Waals surface area contributed by atoms with Gasteiger partial charge < -0.3 is 14.0 Å². The zero-order chi connectivity index (χ0) is 20.8. The molecule has 0 N–H and O–H groups in total. The molecular formula is C20H34N2O4S. The molecule has 0 bridgehead atoms. The van der Waals surface area contributed by atoms with Gasteiger partial charge in [0.25, 0.3) is 0 Å². The van der Waals surface area contributed by atoms with Gasteiger partial charge in [-0.25, -0.2) is 0 Å². The SMILES string of the molecule is CCN(CC)c1ccc(CN(C(=O)C(C)C)C(C)C)c(OS(=O)(=O)CC)c1. The van der Waals surface area contributed by atoms with E-state index in [0.29, 0.717) is 17.9 Å². The van der Waals surface area contributed by atoms with Gasteiger partial charge in [0, 0.05) is 48.9 Å². The fourth-order valence-electron chi connectivity index (χ4n) is 2.76. The van der Waals surface area contributed by atoms with E-state index in [9.17, 15) is 13.2 Å². The molecule has 7 heteroatoms. The van der Waals surface area contributed by atoms with Crippen molar-refractivity contribution in [2.75, 3.05) is 23.7 Å². The van der Waals surface area contributed by atoms with Gasteiger partial charge in [0.15, 0.2) is 0 Å². The monoisotopic (exact) mass is 398 g/mol. The minimum absolute atomic E-state index is 0.00186. The summed E-state index contributed by atoms with van der Waals surface area (Å²) in [4.78, 5) is 16.4. The maximum Gasteiger partial charge on any atom is 0.308 e. The lowest BCUT2D eigenvalue weighted by atomic mass is 10.1. The molecular weight excluding hydrogens is 364 g/mol. The van der Waals surface area contributed by atoms with E-state index in [1.165, 1.54) is 0 Å². The predicted octanol–water partition coefficient (Wildman–Crippen LogP) is 3.65. The van der Waals surface area contributed by atoms with Crippen molar-refractivity contribution in [1.82, 2.24) is 4.90 Å². The van der Waals surface area contributed by atoms with Crippen LogP contribution in [0.1, 0.15) is 54.0 Å². The number of benzene rings is 1. The van der Waals surface area contributed by atoms with Crippen LogP contribution in [0.4, 0.5) is 5.69 Å². The number of rotatable bonds is 10. The van der Waals surface area contributed by atoms with Crippen molar-refractivity contribution in [3.63, 3.8) is 0 Å². The summed E-state index contributed by atoms with van der Waals surface area (Å²) in [7, 11) is -3.67. The summed E-state index contributed by atoms with van der Waals surface area (Å²) in [6, 6.07) is 5.56. The van der Waals surface area contributed by atoms with Crippen LogP contribution in [0, 0.1) is 5.92 Å². The highest BCUT2D eigenvalue weighted by Crippen LogP contribution is 2.29. The second kappa shape index (κ2) is 9.97. The van der Waals surface area contributed by atoms with E-state index >= 15 is 0 Å². The van der Waals surface area contributed by atoms with Crippen LogP contribution in [-0.4, -0.2) is 44.1 Å². The van der Waals surface area contributed by atoms with E-state index in [-0.39, 0.29) is 23.6 Å². The summed E-state index contributed by atoms with van der Waals surface area (Å²) < 4.78 is 29.6. The standard InChI is InChI=1S/C20H34N2O4S/c1-8-21(9-2)18-12-11-17(19(13-18)26-27(24,25)10-3)14-22(16(6)7)20(23)15(4)5/h11-13,15-16H,8-10,14H2,1-7H3. The molecule has 0 fully saturated rings. The quantitative estimate of drug-likeness (QED) is 0.563. The summed E-state index contributed by atoms with van der Waals surface area (Å²) in [6.07, 6.45) is 0. The third-order valence-electron chi connectivity index (χ3n) is 4.49. The topological polar surface area (TPSA) is 66.9 Å². The lowest BCUT2D eigenvalue weighted by molar-refractivity contribution is -0.136. The fourth-order valence-corrected chi connectivity index (χ4v) is 3.31. The minimum atomic E-state index is -3.67. The number of nitrogens with zero attached hydrogens (tertiary/aromatic N) is 2. The van der Waals surface area contributed by atoms with Crippen LogP contribution in [0.15, 0.2) is 18.2 Å². The van der Waals surface area contributed by atoms with Crippen molar-refractivity contribution in [1.29, 1.82) is 0 Å². The first-order valence-corrected chi connectivity index (χ1v) is 11.2. The Hall–Kier alpha value is -1.76. The van der Waals surface area contributed by atoms with E-state index in [4.69, 9.17) is 4.18 Å². The van der Waals surface area contributed by atoms with Gasteiger partial charge in [-0.2, -0.15) is 8.42 Å². The number of hydrogen-bond donors (Lipinski definition) is 0. The number of amides is 1. The average molecular weight is 399 g/mol. The fraction of sp³-hybridized carbons (Fsp3) is 0.650. The smallest absolute Gasteiger partial charge is 0.308 e. The van der Waals surface area contributed by atoms with Gasteiger partial charge in [-0.1, -0.05) is 19.9 Å². The molecule has 0 atom stereocenters. The van der Waals surface area contributed by atoms with Crippen molar-refractivity contribution >= 4 is 21.7 Å². The summed E-state index contributed by atoms with van der Waals surface area (Å²) >= 11 is 0. The molecule has 1 aromatic carbocycles. The van der Waals surface area contributed by atoms with E-state index in [0.717, 1.165) is 18.8 Å². The van der Waals surface area contributed by atoms with Crippen LogP contribution in [0.25, 0.3) is 0 Å². The molecule has 1 amide bonds. The molecule has 1 rings (SSSR count). The largest absolute Gasteiger partial charge is 0.382 e. The summed E-state index contributed by atoms with van der Waals surface area (Å²) in [5.74, 6) is 0.0810. The Balaban J connectivity index is 3.36. The highest BCUT2D eigenvalue weighted by Gasteiger charge is 2.23. The highest BCUT2D eigenvalue weighted by molar-refractivity contribution is 7.87. The van der Waals surface area contributed by atoms with Crippen LogP contribution >= 0.6 is 0 Å². The molecule has 154 valence electrons. The van der Waals surface area contributed by atoms with E-state index in [1.54, 1.807) is 17.9 Å². The second-order valence-corrected chi connectivity index (χ2v) is 8.97. The maximum atomic E-state index is 12.6. The zero-order valence-electron chi connectivity index (χ0n) is 17.7. The normalized spacial score (nSPS) is 11.7. The van der Waals surface area contributed by atoms with Crippen LogP contribution in [0.2, 0.25) is 0 Å². The Kier molecular flexibility index (Phi) is 8.59. The summed E-state index contributed by atoms with van der Waals surface area (Å²) in [5, 5.41) is 0. The minimum Gasteiger partial charge on any atom is -0.382 e. The zero-order valence-corrected chi connectivity index (χ0v) is 18.5. The van der Waals surface area contributed by atoms with E-state index in [2.05, 4.69) is 4.90 Å². The van der Waals surface area contributed by atoms with Crippen molar-refractivity contribution < 1.29 is 17.4 Å². The molecule has 0 aromatic heterocycles. The third-order valence-corrected chi connectivity index (χ3v) is 5.63. The van der Waals surface area contributed by atoms with Crippen LogP contribution < -0.4 is 9.08 Å². The molecule has 0 aliphatic rings. The Morgan fingerprint density at radius 3 is 2.11 bits per heavy atom. The van der Waals surface area contributed by atoms with E-state index in [1.807, 2.05) is 53.7 Å². The van der Waals surface area contributed by atoms with Gasteiger partial charge in [0.2, 0.25) is 5.91 Å². The highest BCUT2D eigenvalue weighted by atomic mass is 32.2. The third kappa shape index (κ3) is 6.41. The Morgan fingerprint density at radius 1 is 1.07 bits per heavy atom. The number of anilines is 1. The second-order valence-electron chi connectivity index (χ2n) is 7.11. The molecule has 0 heterocycles. The molecule has 0 spiro atoms. The average Bonchev–Trinajstić information content (AvgIpc) is 2.60. The van der Waals surface area contributed by atoms with Crippen molar-refractivity contribution in [3.05, 3.63) is 23.8 Å². The molecule has 1 aromatic rings. The van der Waals surface area contributed by atoms with Gasteiger partial charge >= 0.3 is 10.1 Å². The van der Waals surface area contributed by atoms with Crippen LogP contribution in [-0.2, 0) is 21.5 Å². The first-order chi connectivity index (χ1) is 12.6. The van der Waals surface area contributed by atoms with Gasteiger partial charge in [0.05, 0.1) is 5.75 Å². The van der Waals surface area contributed by atoms with Crippen molar-refractivity contribution in [2.24, 2.45) is 5.92 Å². The number of carbonyl (C=O) groups excluding carboxylic acids is 1. The lowest BCUT2D eigenvalue weighted by Gasteiger charge is -2.30. The lowest BCUT2D eigenvalue weighted by Crippen LogP contribution is -2.39. The van der Waals surface area contributed by atoms with Crippen LogP contribution in [0.5, 0.6) is 5.75 Å². The Bertz CT molecular complexity index is 725. The van der Waals surface area contributed by atoms with Crippen molar-refractivity contribution in [3.8, 4) is 5.75 Å².